The topological polar surface area (TPSA) is 26.3 Å². The van der Waals surface area contributed by atoms with E-state index in [0.29, 0.717) is 10.9 Å². The summed E-state index contributed by atoms with van der Waals surface area (Å²) < 4.78 is 4.07. The summed E-state index contributed by atoms with van der Waals surface area (Å²) in [5.41, 5.74) is 0.370. The van der Waals surface area contributed by atoms with Crippen molar-refractivity contribution in [3.63, 3.8) is 0 Å². The van der Waals surface area contributed by atoms with E-state index in [1.165, 1.54) is 0 Å². The first-order valence-corrected chi connectivity index (χ1v) is 5.42. The molecule has 0 unspecified atom stereocenters. The number of esters is 1. The van der Waals surface area contributed by atoms with Crippen LogP contribution in [0.25, 0.3) is 0 Å². The maximum absolute atomic E-state index is 10.9. The lowest BCUT2D eigenvalue weighted by atomic mass is 10.4. The number of alkyl halides is 3. The van der Waals surface area contributed by atoms with Gasteiger partial charge in [0.05, 0.1) is 5.33 Å². The van der Waals surface area contributed by atoms with Gasteiger partial charge in [-0.3, -0.25) is 0 Å². The van der Waals surface area contributed by atoms with E-state index >= 15 is 0 Å². The van der Waals surface area contributed by atoms with Gasteiger partial charge in [-0.1, -0.05) is 22.5 Å². The van der Waals surface area contributed by atoms with Crippen LogP contribution in [-0.2, 0) is 9.53 Å². The quantitative estimate of drug-likeness (QED) is 0.444. The summed E-state index contributed by atoms with van der Waals surface area (Å²) in [6.45, 7) is 5.03. The first-order chi connectivity index (χ1) is 4.89. The SMILES string of the molecule is C=C(C)C(=O)OC(Br)(Br)CBr. The summed E-state index contributed by atoms with van der Waals surface area (Å²) in [6.07, 6.45) is 0. The van der Waals surface area contributed by atoms with Gasteiger partial charge < -0.3 is 4.74 Å². The van der Waals surface area contributed by atoms with E-state index in [4.69, 9.17) is 4.74 Å². The van der Waals surface area contributed by atoms with Crippen molar-refractivity contribution >= 4 is 53.8 Å². The number of hydrogen-bond donors (Lipinski definition) is 0. The van der Waals surface area contributed by atoms with Crippen LogP contribution in [0.1, 0.15) is 6.92 Å². The van der Waals surface area contributed by atoms with E-state index < -0.39 is 9.39 Å². The summed E-state index contributed by atoms with van der Waals surface area (Å²) in [5.74, 6) is -0.432. The minimum absolute atomic E-state index is 0.370. The largest absolute Gasteiger partial charge is 0.433 e. The second-order valence-electron chi connectivity index (χ2n) is 1.94. The third kappa shape index (κ3) is 4.98. The number of carbonyl (C=O) groups excluding carboxylic acids is 1. The van der Waals surface area contributed by atoms with Crippen LogP contribution >= 0.6 is 47.8 Å². The first kappa shape index (κ1) is 11.6. The minimum Gasteiger partial charge on any atom is -0.433 e. The zero-order valence-electron chi connectivity index (χ0n) is 5.86. The molecular weight excluding hydrogens is 344 g/mol. The van der Waals surface area contributed by atoms with E-state index in [1.54, 1.807) is 6.92 Å². The van der Waals surface area contributed by atoms with Crippen LogP contribution in [0.15, 0.2) is 12.2 Å². The predicted octanol–water partition coefficient (Wildman–Crippen LogP) is 2.94. The summed E-state index contributed by atoms with van der Waals surface area (Å²) in [4.78, 5) is 10.9. The standard InChI is InChI=1S/C6H7Br3O2/c1-4(2)5(10)11-6(8,9)3-7/h1,3H2,2H3. The smallest absolute Gasteiger partial charge is 0.335 e. The average Bonchev–Trinajstić information content (AvgIpc) is 1.87. The Morgan fingerprint density at radius 2 is 2.09 bits per heavy atom. The highest BCUT2D eigenvalue weighted by molar-refractivity contribution is 9.26. The number of rotatable bonds is 3. The van der Waals surface area contributed by atoms with Gasteiger partial charge in [-0.15, -0.1) is 0 Å². The molecule has 0 saturated heterocycles. The Hall–Kier alpha value is 0.650. The van der Waals surface area contributed by atoms with E-state index in [0.717, 1.165) is 0 Å². The molecule has 0 aliphatic heterocycles. The Kier molecular flexibility index (Phi) is 4.89. The number of carbonyl (C=O) groups is 1. The van der Waals surface area contributed by atoms with E-state index in [1.807, 2.05) is 0 Å². The molecule has 0 atom stereocenters. The molecule has 0 aromatic rings. The fourth-order valence-corrected chi connectivity index (χ4v) is 0.659. The molecule has 0 aliphatic rings. The van der Waals surface area contributed by atoms with Crippen molar-refractivity contribution in [2.24, 2.45) is 0 Å². The van der Waals surface area contributed by atoms with Crippen LogP contribution in [0.4, 0.5) is 0 Å². The van der Waals surface area contributed by atoms with Gasteiger partial charge in [0.2, 0.25) is 3.42 Å². The monoisotopic (exact) mass is 348 g/mol. The Bertz CT molecular complexity index is 177. The van der Waals surface area contributed by atoms with E-state index in [2.05, 4.69) is 54.4 Å². The van der Waals surface area contributed by atoms with Gasteiger partial charge in [0, 0.05) is 5.57 Å². The second kappa shape index (κ2) is 4.62. The lowest BCUT2D eigenvalue weighted by Crippen LogP contribution is -2.23. The summed E-state index contributed by atoms with van der Waals surface area (Å²) in [6, 6.07) is 0. The molecule has 11 heavy (non-hydrogen) atoms. The molecule has 0 heterocycles. The van der Waals surface area contributed by atoms with Gasteiger partial charge in [-0.05, 0) is 38.8 Å². The van der Waals surface area contributed by atoms with Crippen molar-refractivity contribution in [2.45, 2.75) is 10.3 Å². The number of hydrogen-bond acceptors (Lipinski definition) is 2. The Morgan fingerprint density at radius 1 is 1.64 bits per heavy atom. The predicted molar refractivity (Wildman–Crippen MR) is 55.3 cm³/mol. The fourth-order valence-electron chi connectivity index (χ4n) is 0.250. The summed E-state index contributed by atoms with van der Waals surface area (Å²) in [7, 11) is 0. The van der Waals surface area contributed by atoms with Crippen molar-refractivity contribution in [2.75, 3.05) is 5.33 Å². The molecule has 0 amide bonds. The van der Waals surface area contributed by atoms with Crippen LogP contribution in [-0.4, -0.2) is 14.7 Å². The van der Waals surface area contributed by atoms with Crippen LogP contribution in [0, 0.1) is 0 Å². The third-order valence-corrected chi connectivity index (χ3v) is 3.93. The molecule has 0 saturated carbocycles. The third-order valence-electron chi connectivity index (χ3n) is 0.746. The van der Waals surface area contributed by atoms with Crippen molar-refractivity contribution in [1.29, 1.82) is 0 Å². The zero-order valence-corrected chi connectivity index (χ0v) is 10.6. The fraction of sp³-hybridized carbons (Fsp3) is 0.500. The highest BCUT2D eigenvalue weighted by atomic mass is 79.9. The van der Waals surface area contributed by atoms with Gasteiger partial charge in [0.15, 0.2) is 0 Å². The summed E-state index contributed by atoms with van der Waals surface area (Å²) >= 11 is 9.42. The highest BCUT2D eigenvalue weighted by Crippen LogP contribution is 2.30. The van der Waals surface area contributed by atoms with Crippen molar-refractivity contribution in [3.8, 4) is 0 Å². The van der Waals surface area contributed by atoms with Gasteiger partial charge >= 0.3 is 5.97 Å². The molecule has 0 rings (SSSR count). The van der Waals surface area contributed by atoms with Crippen molar-refractivity contribution < 1.29 is 9.53 Å². The molecule has 0 aliphatic carbocycles. The van der Waals surface area contributed by atoms with E-state index in [9.17, 15) is 4.79 Å². The van der Waals surface area contributed by atoms with E-state index in [-0.39, 0.29) is 0 Å². The Balaban J connectivity index is 4.04. The van der Waals surface area contributed by atoms with Crippen LogP contribution in [0.3, 0.4) is 0 Å². The highest BCUT2D eigenvalue weighted by Gasteiger charge is 2.25. The van der Waals surface area contributed by atoms with Gasteiger partial charge in [0.25, 0.3) is 0 Å². The molecule has 0 radical (unpaired) electrons. The van der Waals surface area contributed by atoms with Crippen LogP contribution in [0.2, 0.25) is 0 Å². The minimum atomic E-state index is -0.823. The molecule has 0 aromatic carbocycles. The molecule has 0 N–H and O–H groups in total. The van der Waals surface area contributed by atoms with Gasteiger partial charge in [0.1, 0.15) is 0 Å². The number of ether oxygens (including phenoxy) is 1. The molecule has 5 heteroatoms. The van der Waals surface area contributed by atoms with Gasteiger partial charge in [-0.25, -0.2) is 4.79 Å². The maximum Gasteiger partial charge on any atom is 0.335 e. The average molecular weight is 351 g/mol. The van der Waals surface area contributed by atoms with Crippen molar-refractivity contribution in [1.82, 2.24) is 0 Å². The number of halogens is 3. The zero-order chi connectivity index (χ0) is 9.07. The molecule has 0 fully saturated rings. The molecule has 2 nitrogen and oxygen atoms in total. The Morgan fingerprint density at radius 3 is 2.36 bits per heavy atom. The van der Waals surface area contributed by atoms with Crippen LogP contribution in [0.5, 0.6) is 0 Å². The van der Waals surface area contributed by atoms with Gasteiger partial charge in [-0.2, -0.15) is 0 Å². The van der Waals surface area contributed by atoms with Crippen LogP contribution < -0.4 is 0 Å². The summed E-state index contributed by atoms with van der Waals surface area (Å²) in [5, 5.41) is 0.457. The Labute approximate surface area is 90.8 Å². The molecule has 0 aromatic heterocycles. The molecular formula is C6H7Br3O2. The molecule has 0 bridgehead atoms. The maximum atomic E-state index is 10.9. The lowest BCUT2D eigenvalue weighted by molar-refractivity contribution is -0.140. The lowest BCUT2D eigenvalue weighted by Gasteiger charge is -2.17. The normalized spacial score (nSPS) is 10.9. The second-order valence-corrected chi connectivity index (χ2v) is 6.13. The molecule has 0 spiro atoms. The first-order valence-electron chi connectivity index (χ1n) is 2.71. The molecule has 64 valence electrons. The van der Waals surface area contributed by atoms with Crippen molar-refractivity contribution in [3.05, 3.63) is 12.2 Å².